The molecule has 0 bridgehead atoms. The van der Waals surface area contributed by atoms with Gasteiger partial charge in [0.15, 0.2) is 0 Å². The monoisotopic (exact) mass is 517 g/mol. The molecule has 0 saturated carbocycles. The van der Waals surface area contributed by atoms with Gasteiger partial charge >= 0.3 is 11.8 Å². The highest BCUT2D eigenvalue weighted by Gasteiger charge is 2.15. The average molecular weight is 518 g/mol. The smallest absolute Gasteiger partial charge is 0.329 e. The summed E-state index contributed by atoms with van der Waals surface area (Å²) in [5.41, 5.74) is 5.93. The Labute approximate surface area is 225 Å². The minimum absolute atomic E-state index is 0.551. The third-order valence-electron chi connectivity index (χ3n) is 5.98. The number of carbonyl (C=O) groups excluding carboxylic acids is 2. The van der Waals surface area contributed by atoms with Gasteiger partial charge in [0.05, 0.1) is 18.5 Å². The number of carbonyl (C=O) groups is 2. The molecule has 5 aromatic rings. The van der Waals surface area contributed by atoms with Gasteiger partial charge in [0.2, 0.25) is 0 Å². The molecule has 39 heavy (non-hydrogen) atoms. The third-order valence-corrected chi connectivity index (χ3v) is 5.98. The van der Waals surface area contributed by atoms with Crippen molar-refractivity contribution in [3.05, 3.63) is 109 Å². The molecule has 2 N–H and O–H groups in total. The Morgan fingerprint density at radius 3 is 2.44 bits per heavy atom. The molecule has 8 nitrogen and oxygen atoms in total. The summed E-state index contributed by atoms with van der Waals surface area (Å²) in [6.07, 6.45) is 4.22. The summed E-state index contributed by atoms with van der Waals surface area (Å²) in [5, 5.41) is 13.3. The van der Waals surface area contributed by atoms with Gasteiger partial charge < -0.3 is 10.1 Å². The van der Waals surface area contributed by atoms with Crippen LogP contribution in [0.25, 0.3) is 27.7 Å². The molecule has 4 aromatic carbocycles. The van der Waals surface area contributed by atoms with Gasteiger partial charge in [0, 0.05) is 28.4 Å². The molecule has 5 rings (SSSR count). The fourth-order valence-corrected chi connectivity index (χ4v) is 4.07. The zero-order chi connectivity index (χ0) is 27.0. The number of aromatic nitrogens is 2. The number of fused-ring (bicyclic) bond motifs is 1. The van der Waals surface area contributed by atoms with Crippen LogP contribution < -0.4 is 15.5 Å². The van der Waals surface area contributed by atoms with Crippen molar-refractivity contribution in [1.29, 1.82) is 0 Å². The van der Waals surface area contributed by atoms with Gasteiger partial charge in [0.1, 0.15) is 11.4 Å². The first-order chi connectivity index (χ1) is 19.1. The van der Waals surface area contributed by atoms with Crippen LogP contribution in [-0.2, 0) is 9.59 Å². The predicted molar refractivity (Wildman–Crippen MR) is 153 cm³/mol. The number of nitrogens with zero attached hydrogens (tertiary/aromatic N) is 3. The molecule has 0 fully saturated rings. The van der Waals surface area contributed by atoms with E-state index in [-0.39, 0.29) is 0 Å². The van der Waals surface area contributed by atoms with Crippen LogP contribution in [0.4, 0.5) is 5.69 Å². The first-order valence-corrected chi connectivity index (χ1v) is 12.6. The second-order valence-corrected chi connectivity index (χ2v) is 8.77. The van der Waals surface area contributed by atoms with E-state index in [1.54, 1.807) is 10.7 Å². The molecule has 8 heteroatoms. The van der Waals surface area contributed by atoms with Crippen molar-refractivity contribution in [1.82, 2.24) is 15.2 Å². The lowest BCUT2D eigenvalue weighted by molar-refractivity contribution is -0.136. The zero-order valence-corrected chi connectivity index (χ0v) is 21.4. The summed E-state index contributed by atoms with van der Waals surface area (Å²) in [6, 6.07) is 30.4. The normalized spacial score (nSPS) is 11.0. The average Bonchev–Trinajstić information content (AvgIpc) is 3.41. The third kappa shape index (κ3) is 6.02. The Morgan fingerprint density at radius 1 is 0.897 bits per heavy atom. The van der Waals surface area contributed by atoms with E-state index in [0.29, 0.717) is 23.6 Å². The van der Waals surface area contributed by atoms with Gasteiger partial charge in [-0.1, -0.05) is 61.5 Å². The van der Waals surface area contributed by atoms with Crippen molar-refractivity contribution in [2.45, 2.75) is 13.3 Å². The van der Waals surface area contributed by atoms with E-state index in [2.05, 4.69) is 22.8 Å². The van der Waals surface area contributed by atoms with Gasteiger partial charge in [-0.3, -0.25) is 9.59 Å². The van der Waals surface area contributed by atoms with Crippen molar-refractivity contribution >= 4 is 34.5 Å². The molecule has 2 amide bonds. The summed E-state index contributed by atoms with van der Waals surface area (Å²) in [4.78, 5) is 25.1. The second kappa shape index (κ2) is 11.9. The number of hydrogen-bond donors (Lipinski definition) is 2. The number of nitrogens with one attached hydrogen (secondary N) is 2. The standard InChI is InChI=1S/C31H27N5O3/c1-2-19-39-26-17-15-23(16-18-26)29-24(21-36(35-29)25-11-4-3-5-12-25)20-32-34-31(38)30(37)33-28-14-8-10-22-9-6-7-13-27(22)28/h3-18,20-21H,2,19H2,1H3,(H,33,37)(H,34,38)/b32-20-. The molecule has 0 radical (unpaired) electrons. The SMILES string of the molecule is CCCOc1ccc(-c2nn(-c3ccccc3)cc2/C=N\NC(=O)C(=O)Nc2cccc3ccccc23)cc1. The quantitative estimate of drug-likeness (QED) is 0.160. The highest BCUT2D eigenvalue weighted by atomic mass is 16.5. The van der Waals surface area contributed by atoms with Gasteiger partial charge in [-0.15, -0.1) is 0 Å². The highest BCUT2D eigenvalue weighted by Crippen LogP contribution is 2.25. The minimum Gasteiger partial charge on any atom is -0.494 e. The van der Waals surface area contributed by atoms with Crippen LogP contribution in [0.1, 0.15) is 18.9 Å². The van der Waals surface area contributed by atoms with Crippen LogP contribution >= 0.6 is 0 Å². The largest absolute Gasteiger partial charge is 0.494 e. The van der Waals surface area contributed by atoms with Crippen LogP contribution in [0, 0.1) is 0 Å². The van der Waals surface area contributed by atoms with Crippen molar-refractivity contribution in [3.8, 4) is 22.7 Å². The van der Waals surface area contributed by atoms with Crippen molar-refractivity contribution in [2.75, 3.05) is 11.9 Å². The molecule has 0 aliphatic rings. The Hall–Kier alpha value is -5.24. The van der Waals surface area contributed by atoms with Crippen molar-refractivity contribution in [2.24, 2.45) is 5.10 Å². The molecule has 0 aliphatic heterocycles. The molecular weight excluding hydrogens is 490 g/mol. The van der Waals surface area contributed by atoms with Gasteiger partial charge in [0.25, 0.3) is 0 Å². The number of para-hydroxylation sites is 1. The van der Waals surface area contributed by atoms with Crippen molar-refractivity contribution in [3.63, 3.8) is 0 Å². The highest BCUT2D eigenvalue weighted by molar-refractivity contribution is 6.40. The number of amides is 2. The van der Waals surface area contributed by atoms with Crippen LogP contribution in [-0.4, -0.2) is 34.4 Å². The molecule has 0 unspecified atom stereocenters. The summed E-state index contributed by atoms with van der Waals surface area (Å²) in [6.45, 7) is 2.70. The summed E-state index contributed by atoms with van der Waals surface area (Å²) >= 11 is 0. The molecule has 0 spiro atoms. The van der Waals surface area contributed by atoms with Crippen LogP contribution in [0.3, 0.4) is 0 Å². The maximum absolute atomic E-state index is 12.6. The first kappa shape index (κ1) is 25.4. The molecule has 0 aliphatic carbocycles. The van der Waals surface area contributed by atoms with Crippen LogP contribution in [0.5, 0.6) is 5.75 Å². The Bertz CT molecular complexity index is 1620. The zero-order valence-electron chi connectivity index (χ0n) is 21.4. The topological polar surface area (TPSA) is 97.6 Å². The predicted octanol–water partition coefficient (Wildman–Crippen LogP) is 5.57. The number of benzene rings is 4. The summed E-state index contributed by atoms with van der Waals surface area (Å²) in [5.74, 6) is -0.914. The van der Waals surface area contributed by atoms with Crippen LogP contribution in [0.2, 0.25) is 0 Å². The number of hydrazone groups is 1. The number of ether oxygens (including phenoxy) is 1. The maximum Gasteiger partial charge on any atom is 0.329 e. The Morgan fingerprint density at radius 2 is 1.64 bits per heavy atom. The van der Waals surface area contributed by atoms with Gasteiger partial charge in [-0.2, -0.15) is 10.2 Å². The van der Waals surface area contributed by atoms with Crippen molar-refractivity contribution < 1.29 is 14.3 Å². The Balaban J connectivity index is 1.34. The molecule has 1 aromatic heterocycles. The minimum atomic E-state index is -0.881. The lowest BCUT2D eigenvalue weighted by Gasteiger charge is -2.07. The lowest BCUT2D eigenvalue weighted by Crippen LogP contribution is -2.32. The number of rotatable bonds is 8. The Kier molecular flexibility index (Phi) is 7.73. The van der Waals surface area contributed by atoms with E-state index in [0.717, 1.165) is 34.2 Å². The van der Waals surface area contributed by atoms with E-state index in [1.165, 1.54) is 6.21 Å². The molecule has 0 atom stereocenters. The fourth-order valence-electron chi connectivity index (χ4n) is 4.07. The van der Waals surface area contributed by atoms with Crippen LogP contribution in [0.15, 0.2) is 108 Å². The van der Waals surface area contributed by atoms with E-state index < -0.39 is 11.8 Å². The molecular formula is C31H27N5O3. The molecule has 194 valence electrons. The van der Waals surface area contributed by atoms with Gasteiger partial charge in [-0.25, -0.2) is 10.1 Å². The van der Waals surface area contributed by atoms with E-state index >= 15 is 0 Å². The summed E-state index contributed by atoms with van der Waals surface area (Å²) in [7, 11) is 0. The van der Waals surface area contributed by atoms with E-state index in [9.17, 15) is 9.59 Å². The number of hydrogen-bond acceptors (Lipinski definition) is 5. The van der Waals surface area contributed by atoms with E-state index in [4.69, 9.17) is 9.84 Å². The second-order valence-electron chi connectivity index (χ2n) is 8.77. The maximum atomic E-state index is 12.6. The first-order valence-electron chi connectivity index (χ1n) is 12.6. The molecule has 0 saturated heterocycles. The molecule has 1 heterocycles. The summed E-state index contributed by atoms with van der Waals surface area (Å²) < 4.78 is 7.44. The van der Waals surface area contributed by atoms with Gasteiger partial charge in [-0.05, 0) is 54.3 Å². The van der Waals surface area contributed by atoms with E-state index in [1.807, 2.05) is 97.2 Å². The number of anilines is 1. The lowest BCUT2D eigenvalue weighted by atomic mass is 10.1. The fraction of sp³-hybridized carbons (Fsp3) is 0.0968.